The van der Waals surface area contributed by atoms with Crippen LogP contribution in [0.3, 0.4) is 0 Å². The minimum atomic E-state index is -0.130. The second-order valence-electron chi connectivity index (χ2n) is 5.14. The molecule has 3 rings (SSSR count). The lowest BCUT2D eigenvalue weighted by Gasteiger charge is -2.19. The van der Waals surface area contributed by atoms with Gasteiger partial charge in [0.2, 0.25) is 5.91 Å². The van der Waals surface area contributed by atoms with Crippen LogP contribution in [0.25, 0.3) is 0 Å². The van der Waals surface area contributed by atoms with Gasteiger partial charge < -0.3 is 9.47 Å². The lowest BCUT2D eigenvalue weighted by atomic mass is 10.2. The Morgan fingerprint density at radius 1 is 1.12 bits per heavy atom. The van der Waals surface area contributed by atoms with Crippen molar-refractivity contribution in [3.05, 3.63) is 59.7 Å². The molecule has 5 nitrogen and oxygen atoms in total. The van der Waals surface area contributed by atoms with Gasteiger partial charge in [-0.3, -0.25) is 4.79 Å². The number of nitrogens with zero attached hydrogens (tertiary/aromatic N) is 1. The van der Waals surface area contributed by atoms with E-state index in [9.17, 15) is 4.79 Å². The SMILES string of the molecule is O=C(CSCc1ccccc1)N/N=C/c1cccc2c1OCCO2. The van der Waals surface area contributed by atoms with E-state index in [1.54, 1.807) is 18.0 Å². The summed E-state index contributed by atoms with van der Waals surface area (Å²) in [4.78, 5) is 11.8. The fraction of sp³-hybridized carbons (Fsp3) is 0.222. The van der Waals surface area contributed by atoms with Crippen LogP contribution in [0, 0.1) is 0 Å². The van der Waals surface area contributed by atoms with Crippen molar-refractivity contribution in [1.82, 2.24) is 5.43 Å². The van der Waals surface area contributed by atoms with E-state index in [0.29, 0.717) is 30.5 Å². The molecule has 0 aliphatic carbocycles. The molecule has 0 bridgehead atoms. The Morgan fingerprint density at radius 3 is 2.83 bits per heavy atom. The summed E-state index contributed by atoms with van der Waals surface area (Å²) in [5.41, 5.74) is 4.52. The maximum absolute atomic E-state index is 11.8. The zero-order chi connectivity index (χ0) is 16.6. The van der Waals surface area contributed by atoms with Crippen molar-refractivity contribution in [2.75, 3.05) is 19.0 Å². The number of para-hydroxylation sites is 1. The number of rotatable bonds is 6. The van der Waals surface area contributed by atoms with Gasteiger partial charge in [-0.1, -0.05) is 36.4 Å². The molecule has 2 aromatic rings. The Hall–Kier alpha value is -2.47. The van der Waals surface area contributed by atoms with Crippen LogP contribution in [-0.2, 0) is 10.5 Å². The molecule has 0 aromatic heterocycles. The van der Waals surface area contributed by atoms with E-state index in [4.69, 9.17) is 9.47 Å². The number of fused-ring (bicyclic) bond motifs is 1. The van der Waals surface area contributed by atoms with E-state index in [1.165, 1.54) is 5.56 Å². The van der Waals surface area contributed by atoms with Crippen LogP contribution < -0.4 is 14.9 Å². The highest BCUT2D eigenvalue weighted by Crippen LogP contribution is 2.32. The third kappa shape index (κ3) is 4.52. The van der Waals surface area contributed by atoms with Gasteiger partial charge in [0.15, 0.2) is 11.5 Å². The molecule has 1 N–H and O–H groups in total. The molecule has 1 aliphatic rings. The van der Waals surface area contributed by atoms with Gasteiger partial charge in [0.05, 0.1) is 12.0 Å². The monoisotopic (exact) mass is 342 g/mol. The highest BCUT2D eigenvalue weighted by Gasteiger charge is 2.14. The van der Waals surface area contributed by atoms with Crippen molar-refractivity contribution < 1.29 is 14.3 Å². The lowest BCUT2D eigenvalue weighted by molar-refractivity contribution is -0.118. The molecule has 0 unspecified atom stereocenters. The molecule has 0 atom stereocenters. The van der Waals surface area contributed by atoms with E-state index >= 15 is 0 Å². The largest absolute Gasteiger partial charge is 0.486 e. The Labute approximate surface area is 145 Å². The second kappa shape index (κ2) is 8.40. The predicted octanol–water partition coefficient (Wildman–Crippen LogP) is 2.84. The first-order chi connectivity index (χ1) is 11.8. The summed E-state index contributed by atoms with van der Waals surface area (Å²) in [7, 11) is 0. The summed E-state index contributed by atoms with van der Waals surface area (Å²) in [6, 6.07) is 15.6. The molecule has 1 heterocycles. The number of hydrazone groups is 1. The molecule has 2 aromatic carbocycles. The Balaban J connectivity index is 1.47. The van der Waals surface area contributed by atoms with Crippen molar-refractivity contribution >= 4 is 23.9 Å². The van der Waals surface area contributed by atoms with Crippen LogP contribution >= 0.6 is 11.8 Å². The topological polar surface area (TPSA) is 59.9 Å². The molecule has 0 saturated carbocycles. The molecule has 124 valence electrons. The number of carbonyl (C=O) groups is 1. The van der Waals surface area contributed by atoms with Gasteiger partial charge in [0, 0.05) is 11.3 Å². The highest BCUT2D eigenvalue weighted by molar-refractivity contribution is 7.99. The summed E-state index contributed by atoms with van der Waals surface area (Å²) in [6.07, 6.45) is 1.58. The zero-order valence-electron chi connectivity index (χ0n) is 13.1. The maximum Gasteiger partial charge on any atom is 0.250 e. The molecule has 6 heteroatoms. The number of amides is 1. The zero-order valence-corrected chi connectivity index (χ0v) is 13.9. The maximum atomic E-state index is 11.8. The van der Waals surface area contributed by atoms with Crippen molar-refractivity contribution in [2.24, 2.45) is 5.10 Å². The van der Waals surface area contributed by atoms with E-state index in [-0.39, 0.29) is 5.91 Å². The minimum absolute atomic E-state index is 0.130. The number of nitrogens with one attached hydrogen (secondary N) is 1. The highest BCUT2D eigenvalue weighted by atomic mass is 32.2. The average Bonchev–Trinajstić information content (AvgIpc) is 2.63. The third-order valence-corrected chi connectivity index (χ3v) is 4.34. The molecule has 1 aliphatic heterocycles. The first-order valence-electron chi connectivity index (χ1n) is 7.65. The predicted molar refractivity (Wildman–Crippen MR) is 95.8 cm³/mol. The molecular formula is C18H18N2O3S. The standard InChI is InChI=1S/C18H18N2O3S/c21-17(13-24-12-14-5-2-1-3-6-14)20-19-11-15-7-4-8-16-18(15)23-10-9-22-16/h1-8,11H,9-10,12-13H2,(H,20,21)/b19-11+. The quantitative estimate of drug-likeness (QED) is 0.648. The van der Waals surface area contributed by atoms with Gasteiger partial charge in [-0.2, -0.15) is 5.10 Å². The molecule has 0 spiro atoms. The van der Waals surface area contributed by atoms with Crippen LogP contribution in [0.2, 0.25) is 0 Å². The van der Waals surface area contributed by atoms with Crippen LogP contribution in [-0.4, -0.2) is 31.1 Å². The third-order valence-electron chi connectivity index (χ3n) is 3.33. The van der Waals surface area contributed by atoms with Crippen LogP contribution in [0.4, 0.5) is 0 Å². The van der Waals surface area contributed by atoms with Gasteiger partial charge in [0.25, 0.3) is 0 Å². The Bertz CT molecular complexity index is 719. The smallest absolute Gasteiger partial charge is 0.250 e. The van der Waals surface area contributed by atoms with Gasteiger partial charge in [-0.15, -0.1) is 11.8 Å². The summed E-state index contributed by atoms with van der Waals surface area (Å²) in [5.74, 6) is 2.40. The van der Waals surface area contributed by atoms with Gasteiger partial charge in [-0.05, 0) is 17.7 Å². The number of benzene rings is 2. The minimum Gasteiger partial charge on any atom is -0.486 e. The normalized spacial score (nSPS) is 13.0. The van der Waals surface area contributed by atoms with Crippen LogP contribution in [0.15, 0.2) is 53.6 Å². The number of hydrogen-bond donors (Lipinski definition) is 1. The van der Waals surface area contributed by atoms with Crippen molar-refractivity contribution in [2.45, 2.75) is 5.75 Å². The Morgan fingerprint density at radius 2 is 1.96 bits per heavy atom. The van der Waals surface area contributed by atoms with E-state index < -0.39 is 0 Å². The number of thioether (sulfide) groups is 1. The summed E-state index contributed by atoms with van der Waals surface area (Å²) in [5, 5.41) is 4.00. The number of carbonyl (C=O) groups excluding carboxylic acids is 1. The summed E-state index contributed by atoms with van der Waals surface area (Å²) in [6.45, 7) is 1.06. The van der Waals surface area contributed by atoms with Crippen LogP contribution in [0.5, 0.6) is 11.5 Å². The van der Waals surface area contributed by atoms with E-state index in [1.807, 2.05) is 48.5 Å². The lowest BCUT2D eigenvalue weighted by Crippen LogP contribution is -2.20. The van der Waals surface area contributed by atoms with Gasteiger partial charge in [0.1, 0.15) is 13.2 Å². The van der Waals surface area contributed by atoms with Gasteiger partial charge >= 0.3 is 0 Å². The van der Waals surface area contributed by atoms with Crippen LogP contribution in [0.1, 0.15) is 11.1 Å². The fourth-order valence-electron chi connectivity index (χ4n) is 2.24. The molecule has 1 amide bonds. The second-order valence-corrected chi connectivity index (χ2v) is 6.13. The van der Waals surface area contributed by atoms with Crippen molar-refractivity contribution in [3.63, 3.8) is 0 Å². The molecule has 0 fully saturated rings. The van der Waals surface area contributed by atoms with E-state index in [2.05, 4.69) is 10.5 Å². The summed E-state index contributed by atoms with van der Waals surface area (Å²) >= 11 is 1.55. The number of ether oxygens (including phenoxy) is 2. The molecule has 0 radical (unpaired) electrons. The first-order valence-corrected chi connectivity index (χ1v) is 8.80. The Kier molecular flexibility index (Phi) is 5.74. The first kappa shape index (κ1) is 16.4. The molecule has 0 saturated heterocycles. The van der Waals surface area contributed by atoms with E-state index in [0.717, 1.165) is 11.3 Å². The molecular weight excluding hydrogens is 324 g/mol. The van der Waals surface area contributed by atoms with Crippen molar-refractivity contribution in [3.8, 4) is 11.5 Å². The summed E-state index contributed by atoms with van der Waals surface area (Å²) < 4.78 is 11.1. The van der Waals surface area contributed by atoms with Gasteiger partial charge in [-0.25, -0.2) is 5.43 Å². The molecule has 24 heavy (non-hydrogen) atoms. The fourth-order valence-corrected chi connectivity index (χ4v) is 3.02. The number of hydrogen-bond acceptors (Lipinski definition) is 5. The van der Waals surface area contributed by atoms with Crippen molar-refractivity contribution in [1.29, 1.82) is 0 Å². The average molecular weight is 342 g/mol.